The van der Waals surface area contributed by atoms with Crippen LogP contribution >= 0.6 is 38.9 Å². The number of hydrogen-bond donors (Lipinski definition) is 1. The molecular formula is C36H29BrClN3O4S. The minimum Gasteiger partial charge on any atom is -0.494 e. The van der Waals surface area contributed by atoms with Gasteiger partial charge in [-0.15, -0.1) is 0 Å². The molecule has 1 N–H and O–H groups in total. The van der Waals surface area contributed by atoms with Gasteiger partial charge in [-0.3, -0.25) is 14.2 Å². The fraction of sp³-hybridized carbons (Fsp3) is 0.139. The average molecular weight is 715 g/mol. The van der Waals surface area contributed by atoms with Crippen molar-refractivity contribution in [3.63, 3.8) is 0 Å². The number of ether oxygens (including phenoxy) is 2. The Balaban J connectivity index is 1.37. The maximum Gasteiger partial charge on any atom is 0.271 e. The van der Waals surface area contributed by atoms with Crippen LogP contribution in [0.3, 0.4) is 0 Å². The highest BCUT2D eigenvalue weighted by Gasteiger charge is 2.32. The molecule has 2 heterocycles. The van der Waals surface area contributed by atoms with Gasteiger partial charge in [-0.05, 0) is 89.4 Å². The molecule has 1 aliphatic rings. The van der Waals surface area contributed by atoms with Crippen LogP contribution in [0.15, 0.2) is 123 Å². The third-order valence-corrected chi connectivity index (χ3v) is 9.37. The number of carbonyl (C=O) groups is 1. The van der Waals surface area contributed by atoms with E-state index >= 15 is 0 Å². The van der Waals surface area contributed by atoms with E-state index in [9.17, 15) is 9.59 Å². The third-order valence-electron chi connectivity index (χ3n) is 7.40. The zero-order valence-electron chi connectivity index (χ0n) is 25.0. The highest BCUT2D eigenvalue weighted by molar-refractivity contribution is 9.10. The van der Waals surface area contributed by atoms with Crippen LogP contribution in [0.5, 0.6) is 11.5 Å². The molecule has 0 fully saturated rings. The van der Waals surface area contributed by atoms with Gasteiger partial charge >= 0.3 is 0 Å². The number of nitrogens with one attached hydrogen (secondary N) is 1. The van der Waals surface area contributed by atoms with E-state index in [0.717, 1.165) is 21.2 Å². The summed E-state index contributed by atoms with van der Waals surface area (Å²) in [5.74, 6) is 1.04. The van der Waals surface area contributed by atoms with Gasteiger partial charge in [0.25, 0.3) is 11.5 Å². The molecule has 1 aromatic heterocycles. The lowest BCUT2D eigenvalue weighted by Crippen LogP contribution is -2.40. The molecular weight excluding hydrogens is 686 g/mol. The summed E-state index contributed by atoms with van der Waals surface area (Å²) in [5, 5.41) is 3.62. The maximum absolute atomic E-state index is 14.1. The number of fused-ring (bicyclic) bond motifs is 1. The summed E-state index contributed by atoms with van der Waals surface area (Å²) in [7, 11) is 0. The Morgan fingerprint density at radius 2 is 1.76 bits per heavy atom. The number of aromatic nitrogens is 1. The van der Waals surface area contributed by atoms with E-state index < -0.39 is 6.04 Å². The molecule has 0 radical (unpaired) electrons. The molecule has 0 spiro atoms. The van der Waals surface area contributed by atoms with E-state index in [1.54, 1.807) is 11.5 Å². The average Bonchev–Trinajstić information content (AvgIpc) is 3.35. The standard InChI is InChI=1S/C36H29BrClN3O4S/c1-3-44-27-16-14-24(15-17-27)33-32(34(42)40-26-10-5-4-6-11-26)22(2)39-36-41(33)35(43)31(46-36)20-23-13-18-30(28(37)19-23)45-21-25-9-7-8-12-29(25)38/h4-20,33H,3,21H2,1-2H3,(H,40,42)/b31-20-/t33-/m0/s1. The van der Waals surface area contributed by atoms with Gasteiger partial charge < -0.3 is 14.8 Å². The number of benzene rings is 4. The Labute approximate surface area is 283 Å². The van der Waals surface area contributed by atoms with Gasteiger partial charge in [0.1, 0.15) is 18.1 Å². The summed E-state index contributed by atoms with van der Waals surface area (Å²) in [6.07, 6.45) is 1.82. The molecule has 0 bridgehead atoms. The lowest BCUT2D eigenvalue weighted by atomic mass is 9.95. The number of hydrogen-bond acceptors (Lipinski definition) is 6. The van der Waals surface area contributed by atoms with Crippen molar-refractivity contribution in [2.75, 3.05) is 11.9 Å². The number of carbonyl (C=O) groups excluding carboxylic acids is 1. The van der Waals surface area contributed by atoms with Crippen molar-refractivity contribution >= 4 is 56.5 Å². The van der Waals surface area contributed by atoms with Crippen LogP contribution in [0.2, 0.25) is 5.02 Å². The molecule has 232 valence electrons. The lowest BCUT2D eigenvalue weighted by molar-refractivity contribution is -0.113. The number of halogens is 2. The summed E-state index contributed by atoms with van der Waals surface area (Å²) in [6.45, 7) is 4.57. The largest absolute Gasteiger partial charge is 0.494 e. The number of amides is 1. The Hall–Kier alpha value is -4.44. The molecule has 4 aromatic carbocycles. The monoisotopic (exact) mass is 713 g/mol. The highest BCUT2D eigenvalue weighted by Crippen LogP contribution is 2.32. The van der Waals surface area contributed by atoms with Crippen LogP contribution in [0.4, 0.5) is 5.69 Å². The van der Waals surface area contributed by atoms with Crippen molar-refractivity contribution in [3.8, 4) is 11.5 Å². The van der Waals surface area contributed by atoms with Gasteiger partial charge in [0, 0.05) is 16.3 Å². The number of rotatable bonds is 9. The molecule has 0 unspecified atom stereocenters. The minimum atomic E-state index is -0.690. The lowest BCUT2D eigenvalue weighted by Gasteiger charge is -2.25. The maximum atomic E-state index is 14.1. The molecule has 0 aliphatic carbocycles. The number of thiazole rings is 1. The Bertz CT molecular complexity index is 2130. The van der Waals surface area contributed by atoms with Crippen LogP contribution < -0.4 is 29.7 Å². The van der Waals surface area contributed by atoms with E-state index in [4.69, 9.17) is 26.1 Å². The molecule has 1 atom stereocenters. The van der Waals surface area contributed by atoms with Crippen LogP contribution in [0, 0.1) is 0 Å². The van der Waals surface area contributed by atoms with E-state index in [1.165, 1.54) is 11.3 Å². The number of nitrogens with zero attached hydrogens (tertiary/aromatic N) is 2. The van der Waals surface area contributed by atoms with Crippen LogP contribution in [0.25, 0.3) is 6.08 Å². The van der Waals surface area contributed by atoms with Gasteiger partial charge in [-0.2, -0.15) is 0 Å². The van der Waals surface area contributed by atoms with Crippen molar-refractivity contribution < 1.29 is 14.3 Å². The van der Waals surface area contributed by atoms with E-state index in [-0.39, 0.29) is 11.5 Å². The van der Waals surface area contributed by atoms with E-state index in [0.29, 0.717) is 56.0 Å². The second-order valence-corrected chi connectivity index (χ2v) is 12.7. The first-order chi connectivity index (χ1) is 22.3. The number of para-hydroxylation sites is 1. The first-order valence-corrected chi connectivity index (χ1v) is 16.6. The van der Waals surface area contributed by atoms with Gasteiger partial charge in [-0.1, -0.05) is 77.5 Å². The fourth-order valence-corrected chi connectivity index (χ4v) is 6.95. The molecule has 6 rings (SSSR count). The van der Waals surface area contributed by atoms with Gasteiger partial charge in [0.2, 0.25) is 0 Å². The highest BCUT2D eigenvalue weighted by atomic mass is 79.9. The second kappa shape index (κ2) is 13.9. The Kier molecular flexibility index (Phi) is 9.53. The molecule has 5 aromatic rings. The molecule has 1 amide bonds. The molecule has 10 heteroatoms. The second-order valence-electron chi connectivity index (χ2n) is 10.5. The smallest absolute Gasteiger partial charge is 0.271 e. The number of anilines is 1. The van der Waals surface area contributed by atoms with Gasteiger partial charge in [0.05, 0.1) is 32.9 Å². The molecule has 7 nitrogen and oxygen atoms in total. The minimum absolute atomic E-state index is 0.240. The Morgan fingerprint density at radius 1 is 1.02 bits per heavy atom. The van der Waals surface area contributed by atoms with Crippen LogP contribution in [0.1, 0.15) is 36.6 Å². The first kappa shape index (κ1) is 31.5. The predicted molar refractivity (Wildman–Crippen MR) is 186 cm³/mol. The normalized spacial score (nSPS) is 14.4. The summed E-state index contributed by atoms with van der Waals surface area (Å²) in [6, 6.07) is 29.2. The SMILES string of the molecule is CCOc1ccc([C@H]2C(C(=O)Nc3ccccc3)=C(C)N=c3s/c(=C\c4ccc(OCc5ccccc5Cl)c(Br)c4)c(=O)n32)cc1. The van der Waals surface area contributed by atoms with Crippen LogP contribution in [-0.2, 0) is 11.4 Å². The van der Waals surface area contributed by atoms with Crippen molar-refractivity contribution in [2.45, 2.75) is 26.5 Å². The summed E-state index contributed by atoms with van der Waals surface area (Å²) < 4.78 is 14.5. The van der Waals surface area contributed by atoms with Crippen molar-refractivity contribution in [2.24, 2.45) is 4.99 Å². The van der Waals surface area contributed by atoms with Crippen LogP contribution in [-0.4, -0.2) is 17.1 Å². The molecule has 0 saturated heterocycles. The third kappa shape index (κ3) is 6.72. The van der Waals surface area contributed by atoms with E-state index in [2.05, 4.69) is 21.2 Å². The first-order valence-electron chi connectivity index (χ1n) is 14.6. The predicted octanol–water partition coefficient (Wildman–Crippen LogP) is 7.27. The van der Waals surface area contributed by atoms with E-state index in [1.807, 2.05) is 110 Å². The fourth-order valence-electron chi connectivity index (χ4n) is 5.21. The van der Waals surface area contributed by atoms with Crippen molar-refractivity contribution in [3.05, 3.63) is 154 Å². The topological polar surface area (TPSA) is 81.9 Å². The van der Waals surface area contributed by atoms with Gasteiger partial charge in [0.15, 0.2) is 4.80 Å². The quantitative estimate of drug-likeness (QED) is 0.174. The number of allylic oxidation sites excluding steroid dienone is 1. The van der Waals surface area contributed by atoms with Crippen molar-refractivity contribution in [1.82, 2.24) is 4.57 Å². The molecule has 46 heavy (non-hydrogen) atoms. The summed E-state index contributed by atoms with van der Waals surface area (Å²) >= 11 is 11.2. The zero-order valence-corrected chi connectivity index (χ0v) is 28.2. The molecule has 0 saturated carbocycles. The molecule has 1 aliphatic heterocycles. The van der Waals surface area contributed by atoms with Gasteiger partial charge in [-0.25, -0.2) is 4.99 Å². The Morgan fingerprint density at radius 3 is 2.48 bits per heavy atom. The summed E-state index contributed by atoms with van der Waals surface area (Å²) in [5.41, 5.74) is 3.81. The summed E-state index contributed by atoms with van der Waals surface area (Å²) in [4.78, 5) is 33.1. The van der Waals surface area contributed by atoms with Crippen molar-refractivity contribution in [1.29, 1.82) is 0 Å². The zero-order chi connectivity index (χ0) is 32.2.